The Bertz CT molecular complexity index is 327. The van der Waals surface area contributed by atoms with E-state index >= 15 is 0 Å². The van der Waals surface area contributed by atoms with E-state index in [2.05, 4.69) is 34.1 Å². The first-order chi connectivity index (χ1) is 9.31. The smallest absolute Gasteiger partial charge is 0.0819 e. The van der Waals surface area contributed by atoms with Gasteiger partial charge in [0.25, 0.3) is 0 Å². The molecule has 0 amide bonds. The molecule has 1 rings (SSSR count). The quantitative estimate of drug-likeness (QED) is 0.309. The van der Waals surface area contributed by atoms with Gasteiger partial charge in [0.05, 0.1) is 6.61 Å². The molecule has 108 valence electrons. The Morgan fingerprint density at radius 1 is 1.00 bits per heavy atom. The molecule has 0 saturated carbocycles. The molecule has 0 heterocycles. The Hall–Kier alpha value is -0.480. The minimum Gasteiger partial charge on any atom is -0.369 e. The van der Waals surface area contributed by atoms with E-state index in [-0.39, 0.29) is 0 Å². The van der Waals surface area contributed by atoms with Gasteiger partial charge < -0.3 is 4.90 Å². The fourth-order valence-corrected chi connectivity index (χ4v) is 2.35. The van der Waals surface area contributed by atoms with Gasteiger partial charge in [0, 0.05) is 30.5 Å². The molecule has 19 heavy (non-hydrogen) atoms. The number of benzene rings is 1. The van der Waals surface area contributed by atoms with Gasteiger partial charge in [-0.05, 0) is 37.0 Å². The van der Waals surface area contributed by atoms with Gasteiger partial charge in [0.2, 0.25) is 0 Å². The number of rotatable bonds is 10. The van der Waals surface area contributed by atoms with Crippen LogP contribution in [0.15, 0.2) is 24.3 Å². The van der Waals surface area contributed by atoms with Crippen LogP contribution in [0.1, 0.15) is 18.4 Å². The molecule has 0 aromatic heterocycles. The lowest BCUT2D eigenvalue weighted by atomic mass is 10.1. The molecule has 0 aliphatic rings. The minimum atomic E-state index is 0.400. The van der Waals surface area contributed by atoms with Gasteiger partial charge in [-0.3, -0.25) is 5.26 Å². The van der Waals surface area contributed by atoms with Crippen LogP contribution in [0.2, 0.25) is 0 Å². The van der Waals surface area contributed by atoms with Crippen LogP contribution in [0.4, 0.5) is 5.69 Å². The molecular weight excluding hydrogens is 285 g/mol. The lowest BCUT2D eigenvalue weighted by molar-refractivity contribution is -0.242. The molecule has 0 aliphatic heterocycles. The van der Waals surface area contributed by atoms with E-state index in [4.69, 9.17) is 28.5 Å². The Morgan fingerprint density at radius 2 is 1.63 bits per heavy atom. The van der Waals surface area contributed by atoms with Gasteiger partial charge in [-0.2, -0.15) is 0 Å². The van der Waals surface area contributed by atoms with Crippen molar-refractivity contribution in [2.24, 2.45) is 0 Å². The van der Waals surface area contributed by atoms with Crippen LogP contribution in [0.3, 0.4) is 0 Å². The third kappa shape index (κ3) is 6.48. The molecular formula is C14H21Cl2NO2. The van der Waals surface area contributed by atoms with E-state index in [9.17, 15) is 0 Å². The molecule has 1 aromatic carbocycles. The van der Waals surface area contributed by atoms with Crippen LogP contribution < -0.4 is 4.90 Å². The zero-order valence-corrected chi connectivity index (χ0v) is 12.5. The van der Waals surface area contributed by atoms with Crippen molar-refractivity contribution in [3.05, 3.63) is 29.8 Å². The molecule has 0 aliphatic carbocycles. The van der Waals surface area contributed by atoms with E-state index in [1.807, 2.05) is 0 Å². The molecule has 5 heteroatoms. The topological polar surface area (TPSA) is 32.7 Å². The monoisotopic (exact) mass is 305 g/mol. The summed E-state index contributed by atoms with van der Waals surface area (Å²) in [6.07, 6.45) is 2.87. The van der Waals surface area contributed by atoms with Gasteiger partial charge >= 0.3 is 0 Å². The average Bonchev–Trinajstić information content (AvgIpc) is 2.44. The summed E-state index contributed by atoms with van der Waals surface area (Å²) in [5, 5.41) is 8.23. The van der Waals surface area contributed by atoms with Gasteiger partial charge in [0.15, 0.2) is 0 Å². The summed E-state index contributed by atoms with van der Waals surface area (Å²) < 4.78 is 0. The zero-order chi connectivity index (χ0) is 13.9. The predicted molar refractivity (Wildman–Crippen MR) is 81.6 cm³/mol. The number of halogens is 2. The molecule has 0 spiro atoms. The molecule has 0 radical (unpaired) electrons. The normalized spacial score (nSPS) is 10.7. The second kappa shape index (κ2) is 10.3. The molecule has 0 unspecified atom stereocenters. The van der Waals surface area contributed by atoms with Crippen LogP contribution in [0.25, 0.3) is 0 Å². The molecule has 0 bridgehead atoms. The summed E-state index contributed by atoms with van der Waals surface area (Å²) in [5.41, 5.74) is 2.45. The number of hydrogen-bond acceptors (Lipinski definition) is 3. The second-order valence-corrected chi connectivity index (χ2v) is 5.08. The lowest BCUT2D eigenvalue weighted by Gasteiger charge is -2.23. The maximum Gasteiger partial charge on any atom is 0.0819 e. The van der Waals surface area contributed by atoms with Crippen LogP contribution in [0.5, 0.6) is 0 Å². The Kier molecular flexibility index (Phi) is 9.01. The Morgan fingerprint density at radius 3 is 2.16 bits per heavy atom. The lowest BCUT2D eigenvalue weighted by Crippen LogP contribution is -2.27. The van der Waals surface area contributed by atoms with E-state index in [0.717, 1.165) is 38.0 Å². The third-order valence-electron chi connectivity index (χ3n) is 2.96. The fraction of sp³-hybridized carbons (Fsp3) is 0.571. The van der Waals surface area contributed by atoms with Crippen LogP contribution >= 0.6 is 23.2 Å². The number of anilines is 1. The summed E-state index contributed by atoms with van der Waals surface area (Å²) in [4.78, 5) is 6.24. The second-order valence-electron chi connectivity index (χ2n) is 4.32. The summed E-state index contributed by atoms with van der Waals surface area (Å²) in [6, 6.07) is 8.48. The predicted octanol–water partition coefficient (Wildman–Crippen LogP) is 3.78. The number of aryl methyl sites for hydroxylation is 1. The number of hydrogen-bond donors (Lipinski definition) is 1. The van der Waals surface area contributed by atoms with Crippen molar-refractivity contribution >= 4 is 28.9 Å². The Labute approximate surface area is 125 Å². The van der Waals surface area contributed by atoms with Gasteiger partial charge in [-0.25, -0.2) is 4.89 Å². The standard InChI is InChI=1S/C14H21Cl2NO2/c15-8-10-17(11-9-16)14-6-4-13(5-7-14)3-1-2-12-19-18/h4-7,18H,1-3,8-12H2. The van der Waals surface area contributed by atoms with E-state index in [1.165, 1.54) is 5.56 Å². The van der Waals surface area contributed by atoms with E-state index in [1.54, 1.807) is 0 Å². The number of nitrogens with zero attached hydrogens (tertiary/aromatic N) is 1. The van der Waals surface area contributed by atoms with Gasteiger partial charge in [-0.1, -0.05) is 12.1 Å². The average molecular weight is 306 g/mol. The third-order valence-corrected chi connectivity index (χ3v) is 3.30. The van der Waals surface area contributed by atoms with Crippen molar-refractivity contribution in [2.45, 2.75) is 19.3 Å². The Balaban J connectivity index is 2.49. The number of unbranched alkanes of at least 4 members (excludes halogenated alkanes) is 1. The van der Waals surface area contributed by atoms with Crippen molar-refractivity contribution in [1.82, 2.24) is 0 Å². The molecule has 0 atom stereocenters. The molecule has 1 N–H and O–H groups in total. The van der Waals surface area contributed by atoms with Crippen molar-refractivity contribution < 1.29 is 10.1 Å². The van der Waals surface area contributed by atoms with Crippen LogP contribution in [-0.2, 0) is 11.3 Å². The highest BCUT2D eigenvalue weighted by molar-refractivity contribution is 6.18. The van der Waals surface area contributed by atoms with Crippen molar-refractivity contribution in [3.63, 3.8) is 0 Å². The summed E-state index contributed by atoms with van der Waals surface area (Å²) >= 11 is 11.6. The largest absolute Gasteiger partial charge is 0.369 e. The number of alkyl halides is 2. The highest BCUT2D eigenvalue weighted by Crippen LogP contribution is 2.16. The van der Waals surface area contributed by atoms with Crippen molar-refractivity contribution in [3.8, 4) is 0 Å². The summed E-state index contributed by atoms with van der Waals surface area (Å²) in [7, 11) is 0. The SMILES string of the molecule is OOCCCCc1ccc(N(CCCl)CCCl)cc1. The highest BCUT2D eigenvalue weighted by atomic mass is 35.5. The van der Waals surface area contributed by atoms with E-state index in [0.29, 0.717) is 18.4 Å². The van der Waals surface area contributed by atoms with Gasteiger partial charge in [-0.15, -0.1) is 23.2 Å². The van der Waals surface area contributed by atoms with Crippen LogP contribution in [-0.4, -0.2) is 36.7 Å². The first-order valence-corrected chi connectivity index (χ1v) is 7.61. The molecule has 1 aromatic rings. The first-order valence-electron chi connectivity index (χ1n) is 6.54. The summed E-state index contributed by atoms with van der Waals surface area (Å²) in [6.45, 7) is 2.01. The molecule has 0 saturated heterocycles. The van der Waals surface area contributed by atoms with Crippen LogP contribution in [0, 0.1) is 0 Å². The maximum absolute atomic E-state index is 8.23. The minimum absolute atomic E-state index is 0.400. The summed E-state index contributed by atoms with van der Waals surface area (Å²) in [5.74, 6) is 1.19. The van der Waals surface area contributed by atoms with Gasteiger partial charge in [0.1, 0.15) is 0 Å². The van der Waals surface area contributed by atoms with E-state index < -0.39 is 0 Å². The van der Waals surface area contributed by atoms with Crippen molar-refractivity contribution in [1.29, 1.82) is 0 Å². The zero-order valence-electron chi connectivity index (χ0n) is 11.0. The van der Waals surface area contributed by atoms with Crippen molar-refractivity contribution in [2.75, 3.05) is 36.4 Å². The highest BCUT2D eigenvalue weighted by Gasteiger charge is 2.05. The fourth-order valence-electron chi connectivity index (χ4n) is 1.94. The first kappa shape index (κ1) is 16.6. The molecule has 3 nitrogen and oxygen atoms in total. The molecule has 0 fully saturated rings. The maximum atomic E-state index is 8.23.